The number of piperidine rings is 1. The zero-order valence-corrected chi connectivity index (χ0v) is 11.8. The van der Waals surface area contributed by atoms with Crippen molar-refractivity contribution in [1.29, 1.82) is 0 Å². The van der Waals surface area contributed by atoms with E-state index < -0.39 is 0 Å². The van der Waals surface area contributed by atoms with Crippen molar-refractivity contribution in [3.05, 3.63) is 0 Å². The van der Waals surface area contributed by atoms with Crippen molar-refractivity contribution in [3.63, 3.8) is 0 Å². The Balaban J connectivity index is 1.81. The lowest BCUT2D eigenvalue weighted by atomic mass is 9.94. The van der Waals surface area contributed by atoms with E-state index in [-0.39, 0.29) is 12.0 Å². The molecule has 2 aliphatic heterocycles. The summed E-state index contributed by atoms with van der Waals surface area (Å²) >= 11 is 3.62. The van der Waals surface area contributed by atoms with Crippen molar-refractivity contribution in [2.24, 2.45) is 5.92 Å². The fraction of sp³-hybridized carbons (Fsp3) is 0.917. The lowest BCUT2D eigenvalue weighted by Gasteiger charge is -2.35. The van der Waals surface area contributed by atoms with Crippen LogP contribution in [0, 0.1) is 5.92 Å². The monoisotopic (exact) mass is 305 g/mol. The molecule has 2 unspecified atom stereocenters. The molecular formula is C12H20BrNO3. The van der Waals surface area contributed by atoms with Crippen LogP contribution in [0.3, 0.4) is 0 Å². The summed E-state index contributed by atoms with van der Waals surface area (Å²) in [4.78, 5) is 14.6. The van der Waals surface area contributed by atoms with Crippen LogP contribution in [0.2, 0.25) is 0 Å². The first-order valence-electron chi connectivity index (χ1n) is 6.30. The maximum Gasteiger partial charge on any atom is 0.254 e. The number of ether oxygens (including phenoxy) is 2. The molecular weight excluding hydrogens is 286 g/mol. The highest BCUT2D eigenvalue weighted by atomic mass is 79.9. The van der Waals surface area contributed by atoms with Gasteiger partial charge in [0.1, 0.15) is 0 Å². The molecule has 1 amide bonds. The summed E-state index contributed by atoms with van der Waals surface area (Å²) < 4.78 is 10.7. The van der Waals surface area contributed by atoms with Crippen molar-refractivity contribution >= 4 is 21.8 Å². The van der Waals surface area contributed by atoms with E-state index in [9.17, 15) is 4.79 Å². The van der Waals surface area contributed by atoms with Crippen LogP contribution >= 0.6 is 15.9 Å². The van der Waals surface area contributed by atoms with Crippen molar-refractivity contribution in [3.8, 4) is 0 Å². The van der Waals surface area contributed by atoms with Crippen molar-refractivity contribution in [2.75, 3.05) is 32.9 Å². The van der Waals surface area contributed by atoms with Crippen LogP contribution in [0.5, 0.6) is 0 Å². The van der Waals surface area contributed by atoms with Gasteiger partial charge in [0.05, 0.1) is 19.8 Å². The van der Waals surface area contributed by atoms with Gasteiger partial charge in [-0.25, -0.2) is 0 Å². The van der Waals surface area contributed by atoms with Gasteiger partial charge in [0.2, 0.25) is 0 Å². The average molecular weight is 306 g/mol. The lowest BCUT2D eigenvalue weighted by Crippen LogP contribution is -2.48. The zero-order valence-electron chi connectivity index (χ0n) is 10.2. The molecule has 2 aliphatic rings. The Morgan fingerprint density at radius 1 is 1.35 bits per heavy atom. The van der Waals surface area contributed by atoms with E-state index in [2.05, 4.69) is 22.9 Å². The summed E-state index contributed by atoms with van der Waals surface area (Å²) in [6.45, 7) is 5.42. The number of carbonyl (C=O) groups is 1. The fourth-order valence-corrected chi connectivity index (χ4v) is 2.94. The number of alkyl halides is 1. The van der Waals surface area contributed by atoms with Crippen LogP contribution in [0.4, 0.5) is 0 Å². The normalized spacial score (nSPS) is 29.1. The van der Waals surface area contributed by atoms with Crippen LogP contribution in [0.25, 0.3) is 0 Å². The smallest absolute Gasteiger partial charge is 0.254 e. The molecule has 2 heterocycles. The molecule has 0 bridgehead atoms. The van der Waals surface area contributed by atoms with Gasteiger partial charge in [0, 0.05) is 17.9 Å². The van der Waals surface area contributed by atoms with Gasteiger partial charge in [-0.05, 0) is 18.8 Å². The first kappa shape index (κ1) is 13.3. The SMILES string of the molecule is CC(Br)C1CCN(C(=O)C2COCCO2)CC1. The van der Waals surface area contributed by atoms with Crippen LogP contribution in [-0.4, -0.2) is 54.6 Å². The Morgan fingerprint density at radius 2 is 2.06 bits per heavy atom. The second-order valence-corrected chi connectivity index (χ2v) is 6.22. The predicted molar refractivity (Wildman–Crippen MR) is 68.3 cm³/mol. The number of hydrogen-bond acceptors (Lipinski definition) is 3. The highest BCUT2D eigenvalue weighted by Crippen LogP contribution is 2.25. The lowest BCUT2D eigenvalue weighted by molar-refractivity contribution is -0.159. The number of carbonyl (C=O) groups excluding carboxylic acids is 1. The van der Waals surface area contributed by atoms with E-state index in [4.69, 9.17) is 9.47 Å². The topological polar surface area (TPSA) is 38.8 Å². The van der Waals surface area contributed by atoms with E-state index >= 15 is 0 Å². The molecule has 98 valence electrons. The highest BCUT2D eigenvalue weighted by molar-refractivity contribution is 9.09. The number of hydrogen-bond donors (Lipinski definition) is 0. The Labute approximate surface area is 111 Å². The summed E-state index contributed by atoms with van der Waals surface area (Å²) in [7, 11) is 0. The summed E-state index contributed by atoms with van der Waals surface area (Å²) in [5.74, 6) is 0.785. The summed E-state index contributed by atoms with van der Waals surface area (Å²) in [6.07, 6.45) is 1.78. The average Bonchev–Trinajstić information content (AvgIpc) is 2.39. The molecule has 2 fully saturated rings. The Morgan fingerprint density at radius 3 is 2.59 bits per heavy atom. The fourth-order valence-electron chi connectivity index (χ4n) is 2.41. The van der Waals surface area contributed by atoms with Gasteiger partial charge in [-0.15, -0.1) is 0 Å². The van der Waals surface area contributed by atoms with E-state index in [1.54, 1.807) is 0 Å². The third-order valence-electron chi connectivity index (χ3n) is 3.59. The predicted octanol–water partition coefficient (Wildman–Crippen LogP) is 1.42. The number of rotatable bonds is 2. The maximum absolute atomic E-state index is 12.1. The highest BCUT2D eigenvalue weighted by Gasteiger charge is 2.31. The quantitative estimate of drug-likeness (QED) is 0.724. The molecule has 0 N–H and O–H groups in total. The van der Waals surface area contributed by atoms with Gasteiger partial charge in [-0.3, -0.25) is 4.79 Å². The molecule has 2 saturated heterocycles. The largest absolute Gasteiger partial charge is 0.376 e. The number of halogens is 1. The molecule has 5 heteroatoms. The third kappa shape index (κ3) is 3.42. The minimum atomic E-state index is -0.373. The number of nitrogens with zero attached hydrogens (tertiary/aromatic N) is 1. The summed E-state index contributed by atoms with van der Waals surface area (Å²) in [5.41, 5.74) is 0. The molecule has 0 saturated carbocycles. The van der Waals surface area contributed by atoms with E-state index in [1.807, 2.05) is 4.90 Å². The number of amides is 1. The van der Waals surface area contributed by atoms with Gasteiger partial charge in [0.15, 0.2) is 6.10 Å². The van der Waals surface area contributed by atoms with Gasteiger partial charge in [-0.1, -0.05) is 22.9 Å². The van der Waals surface area contributed by atoms with Gasteiger partial charge >= 0.3 is 0 Å². The number of likely N-dealkylation sites (tertiary alicyclic amines) is 1. The zero-order chi connectivity index (χ0) is 12.3. The molecule has 2 rings (SSSR count). The molecule has 0 radical (unpaired) electrons. The molecule has 0 aromatic heterocycles. The molecule has 0 aliphatic carbocycles. The van der Waals surface area contributed by atoms with Crippen molar-refractivity contribution < 1.29 is 14.3 Å². The summed E-state index contributed by atoms with van der Waals surface area (Å²) in [6, 6.07) is 0. The Kier molecular flexibility index (Phi) is 4.82. The molecule has 0 aromatic carbocycles. The van der Waals surface area contributed by atoms with Crippen LogP contribution in [-0.2, 0) is 14.3 Å². The first-order chi connectivity index (χ1) is 8.18. The first-order valence-corrected chi connectivity index (χ1v) is 7.22. The van der Waals surface area contributed by atoms with Crippen LogP contribution < -0.4 is 0 Å². The van der Waals surface area contributed by atoms with Crippen LogP contribution in [0.1, 0.15) is 19.8 Å². The Hall–Kier alpha value is -0.130. The standard InChI is InChI=1S/C12H20BrNO3/c1-9(13)10-2-4-14(5-3-10)12(15)11-8-16-6-7-17-11/h9-11H,2-8H2,1H3. The van der Waals surface area contributed by atoms with E-state index in [1.165, 1.54) is 0 Å². The third-order valence-corrected chi connectivity index (χ3v) is 4.34. The summed E-state index contributed by atoms with van der Waals surface area (Å²) in [5, 5.41) is 0. The molecule has 0 spiro atoms. The maximum atomic E-state index is 12.1. The van der Waals surface area contributed by atoms with E-state index in [0.29, 0.717) is 30.6 Å². The molecule has 4 nitrogen and oxygen atoms in total. The Bertz CT molecular complexity index is 258. The minimum Gasteiger partial charge on any atom is -0.376 e. The van der Waals surface area contributed by atoms with E-state index in [0.717, 1.165) is 25.9 Å². The molecule has 2 atom stereocenters. The minimum absolute atomic E-state index is 0.102. The second kappa shape index (κ2) is 6.16. The van der Waals surface area contributed by atoms with Gasteiger partial charge in [-0.2, -0.15) is 0 Å². The molecule has 17 heavy (non-hydrogen) atoms. The van der Waals surface area contributed by atoms with Crippen molar-refractivity contribution in [2.45, 2.75) is 30.7 Å². The van der Waals surface area contributed by atoms with Crippen molar-refractivity contribution in [1.82, 2.24) is 4.90 Å². The molecule has 0 aromatic rings. The second-order valence-electron chi connectivity index (χ2n) is 4.77. The van der Waals surface area contributed by atoms with Gasteiger partial charge in [0.25, 0.3) is 5.91 Å². The van der Waals surface area contributed by atoms with Crippen LogP contribution in [0.15, 0.2) is 0 Å². The van der Waals surface area contributed by atoms with Gasteiger partial charge < -0.3 is 14.4 Å².